The van der Waals surface area contributed by atoms with Gasteiger partial charge in [0.2, 0.25) is 0 Å². The molecule has 0 aliphatic carbocycles. The molecule has 6 nitrogen and oxygen atoms in total. The molecule has 3 rings (SSSR count). The van der Waals surface area contributed by atoms with Crippen LogP contribution >= 0.6 is 0 Å². The van der Waals surface area contributed by atoms with Crippen LogP contribution in [0.4, 0.5) is 10.1 Å². The number of aryl methyl sites for hydroxylation is 1. The molecule has 0 saturated carbocycles. The number of nitrogens with one attached hydrogen (secondary N) is 2. The average molecular weight is 401 g/mol. The van der Waals surface area contributed by atoms with Crippen LogP contribution in [0, 0.1) is 5.82 Å². The van der Waals surface area contributed by atoms with Crippen molar-refractivity contribution in [3.63, 3.8) is 0 Å². The molecule has 29 heavy (non-hydrogen) atoms. The standard InChI is InChI=1S/C22H33FN6/c1-3-24-22(26-17-19-9-12-27(2)18-19)25-10-6-11-28-13-15-29(16-14-28)21-8-5-4-7-20(21)23/h4-5,7-9,12,18H,3,6,10-11,13-17H2,1-2H3,(H2,24,25,26). The van der Waals surface area contributed by atoms with Crippen LogP contribution in [0.3, 0.4) is 0 Å². The Morgan fingerprint density at radius 1 is 1.10 bits per heavy atom. The summed E-state index contributed by atoms with van der Waals surface area (Å²) in [5, 5.41) is 6.73. The number of hydrogen-bond donors (Lipinski definition) is 2. The molecular weight excluding hydrogens is 367 g/mol. The maximum atomic E-state index is 13.9. The number of halogens is 1. The minimum atomic E-state index is -0.129. The van der Waals surface area contributed by atoms with Crippen LogP contribution in [0.15, 0.2) is 47.7 Å². The molecule has 1 aromatic heterocycles. The van der Waals surface area contributed by atoms with Gasteiger partial charge in [0.25, 0.3) is 0 Å². The maximum absolute atomic E-state index is 13.9. The number of nitrogens with zero attached hydrogens (tertiary/aromatic N) is 4. The van der Waals surface area contributed by atoms with E-state index in [0.29, 0.717) is 6.54 Å². The first kappa shape index (κ1) is 21.2. The minimum Gasteiger partial charge on any atom is -0.367 e. The number of rotatable bonds is 8. The van der Waals surface area contributed by atoms with Crippen molar-refractivity contribution < 1.29 is 4.39 Å². The van der Waals surface area contributed by atoms with Gasteiger partial charge in [-0.05, 0) is 43.7 Å². The first-order chi connectivity index (χ1) is 14.2. The van der Waals surface area contributed by atoms with Crippen LogP contribution in [0.25, 0.3) is 0 Å². The third-order valence-corrected chi connectivity index (χ3v) is 5.17. The SMILES string of the molecule is CCNC(=NCc1ccn(C)c1)NCCCN1CCN(c2ccccc2F)CC1. The molecule has 0 spiro atoms. The predicted octanol–water partition coefficient (Wildman–Crippen LogP) is 2.43. The summed E-state index contributed by atoms with van der Waals surface area (Å²) in [6, 6.07) is 9.14. The second-order valence-electron chi connectivity index (χ2n) is 7.44. The highest BCUT2D eigenvalue weighted by Gasteiger charge is 2.18. The van der Waals surface area contributed by atoms with E-state index in [2.05, 4.69) is 44.6 Å². The van der Waals surface area contributed by atoms with Gasteiger partial charge in [-0.15, -0.1) is 0 Å². The van der Waals surface area contributed by atoms with Crippen molar-refractivity contribution in [2.45, 2.75) is 19.9 Å². The van der Waals surface area contributed by atoms with Gasteiger partial charge in [0.1, 0.15) is 5.82 Å². The fourth-order valence-electron chi connectivity index (χ4n) is 3.60. The highest BCUT2D eigenvalue weighted by atomic mass is 19.1. The zero-order valence-electron chi connectivity index (χ0n) is 17.6. The summed E-state index contributed by atoms with van der Waals surface area (Å²) < 4.78 is 16.0. The summed E-state index contributed by atoms with van der Waals surface area (Å²) >= 11 is 0. The summed E-state index contributed by atoms with van der Waals surface area (Å²) in [6.07, 6.45) is 5.18. The molecule has 2 heterocycles. The molecule has 2 N–H and O–H groups in total. The van der Waals surface area contributed by atoms with E-state index in [1.165, 1.54) is 11.6 Å². The summed E-state index contributed by atoms with van der Waals surface area (Å²) in [5.41, 5.74) is 1.93. The van der Waals surface area contributed by atoms with Gasteiger partial charge < -0.3 is 20.1 Å². The summed E-state index contributed by atoms with van der Waals surface area (Å²) in [4.78, 5) is 9.25. The Bertz CT molecular complexity index is 779. The van der Waals surface area contributed by atoms with Gasteiger partial charge >= 0.3 is 0 Å². The molecular formula is C22H33FN6. The zero-order chi connectivity index (χ0) is 20.5. The Hall–Kier alpha value is -2.54. The van der Waals surface area contributed by atoms with E-state index >= 15 is 0 Å². The Kier molecular flexibility index (Phi) is 7.93. The lowest BCUT2D eigenvalue weighted by Gasteiger charge is -2.36. The van der Waals surface area contributed by atoms with Crippen molar-refractivity contribution in [3.05, 3.63) is 54.1 Å². The van der Waals surface area contributed by atoms with Crippen LogP contribution < -0.4 is 15.5 Å². The van der Waals surface area contributed by atoms with Gasteiger partial charge in [-0.1, -0.05) is 12.1 Å². The van der Waals surface area contributed by atoms with Crippen molar-refractivity contribution in [2.75, 3.05) is 50.7 Å². The molecule has 1 fully saturated rings. The number of guanidine groups is 1. The molecule has 1 aliphatic rings. The maximum Gasteiger partial charge on any atom is 0.191 e. The monoisotopic (exact) mass is 400 g/mol. The van der Waals surface area contributed by atoms with Crippen LogP contribution in [-0.2, 0) is 13.6 Å². The quantitative estimate of drug-likeness (QED) is 0.406. The molecule has 0 radical (unpaired) electrons. The average Bonchev–Trinajstić information content (AvgIpc) is 3.15. The molecule has 7 heteroatoms. The lowest BCUT2D eigenvalue weighted by molar-refractivity contribution is 0.254. The molecule has 158 valence electrons. The van der Waals surface area contributed by atoms with E-state index < -0.39 is 0 Å². The summed E-state index contributed by atoms with van der Waals surface area (Å²) in [6.45, 7) is 9.20. The molecule has 0 atom stereocenters. The highest BCUT2D eigenvalue weighted by Crippen LogP contribution is 2.20. The Balaban J connectivity index is 1.36. The summed E-state index contributed by atoms with van der Waals surface area (Å²) in [5.74, 6) is 0.733. The van der Waals surface area contributed by atoms with Gasteiger partial charge in [0.15, 0.2) is 5.96 Å². The lowest BCUT2D eigenvalue weighted by atomic mass is 10.2. The van der Waals surface area contributed by atoms with Gasteiger partial charge in [-0.2, -0.15) is 0 Å². The van der Waals surface area contributed by atoms with Crippen molar-refractivity contribution in [2.24, 2.45) is 12.0 Å². The lowest BCUT2D eigenvalue weighted by Crippen LogP contribution is -2.47. The molecule has 0 bridgehead atoms. The van der Waals surface area contributed by atoms with Crippen LogP contribution in [0.5, 0.6) is 0 Å². The molecule has 0 amide bonds. The largest absolute Gasteiger partial charge is 0.367 e. The van der Waals surface area contributed by atoms with Crippen LogP contribution in [0.1, 0.15) is 18.9 Å². The zero-order valence-corrected chi connectivity index (χ0v) is 17.6. The minimum absolute atomic E-state index is 0.129. The van der Waals surface area contributed by atoms with E-state index in [9.17, 15) is 4.39 Å². The van der Waals surface area contributed by atoms with Crippen molar-refractivity contribution >= 4 is 11.6 Å². The fourth-order valence-corrected chi connectivity index (χ4v) is 3.60. The Morgan fingerprint density at radius 2 is 1.90 bits per heavy atom. The van der Waals surface area contributed by atoms with E-state index in [-0.39, 0.29) is 5.82 Å². The molecule has 0 unspecified atom stereocenters. The van der Waals surface area contributed by atoms with E-state index in [4.69, 9.17) is 0 Å². The summed E-state index contributed by atoms with van der Waals surface area (Å²) in [7, 11) is 2.02. The van der Waals surface area contributed by atoms with Crippen molar-refractivity contribution in [3.8, 4) is 0 Å². The number of aliphatic imine (C=N–C) groups is 1. The highest BCUT2D eigenvalue weighted by molar-refractivity contribution is 5.79. The number of aromatic nitrogens is 1. The first-order valence-electron chi connectivity index (χ1n) is 10.5. The van der Waals surface area contributed by atoms with Gasteiger partial charge in [-0.3, -0.25) is 4.90 Å². The molecule has 1 aromatic carbocycles. The predicted molar refractivity (Wildman–Crippen MR) is 118 cm³/mol. The normalized spacial score (nSPS) is 15.6. The molecule has 1 aliphatic heterocycles. The van der Waals surface area contributed by atoms with Crippen molar-refractivity contribution in [1.82, 2.24) is 20.1 Å². The topological polar surface area (TPSA) is 47.8 Å². The van der Waals surface area contributed by atoms with E-state index in [1.807, 2.05) is 29.9 Å². The van der Waals surface area contributed by atoms with E-state index in [0.717, 1.165) is 63.9 Å². The smallest absolute Gasteiger partial charge is 0.191 e. The van der Waals surface area contributed by atoms with Crippen molar-refractivity contribution in [1.29, 1.82) is 0 Å². The number of anilines is 1. The Labute approximate surface area is 173 Å². The van der Waals surface area contributed by atoms with E-state index in [1.54, 1.807) is 6.07 Å². The number of piperazine rings is 1. The Morgan fingerprint density at radius 3 is 2.59 bits per heavy atom. The third kappa shape index (κ3) is 6.49. The van der Waals surface area contributed by atoms with Crippen LogP contribution in [0.2, 0.25) is 0 Å². The first-order valence-corrected chi connectivity index (χ1v) is 10.5. The third-order valence-electron chi connectivity index (χ3n) is 5.17. The van der Waals surface area contributed by atoms with Gasteiger partial charge in [0, 0.05) is 58.7 Å². The number of para-hydroxylation sites is 1. The van der Waals surface area contributed by atoms with Gasteiger partial charge in [0.05, 0.1) is 12.2 Å². The second-order valence-corrected chi connectivity index (χ2v) is 7.44. The second kappa shape index (κ2) is 10.9. The van der Waals surface area contributed by atoms with Gasteiger partial charge in [-0.25, -0.2) is 9.38 Å². The molecule has 2 aromatic rings. The van der Waals surface area contributed by atoms with Crippen LogP contribution in [-0.4, -0.2) is 61.2 Å². The number of hydrogen-bond acceptors (Lipinski definition) is 3. The molecule has 1 saturated heterocycles. The fraction of sp³-hybridized carbons (Fsp3) is 0.500. The number of benzene rings is 1.